The number of pyridine rings is 1. The number of para-hydroxylation sites is 1. The van der Waals surface area contributed by atoms with Crippen LogP contribution in [0.4, 0.5) is 0 Å². The third-order valence-electron chi connectivity index (χ3n) is 3.48. The molecule has 6 heteroatoms. The SMILES string of the molecule is O=C(NCCCOc1ccccc1)c1cnc2ccccn2c1=O. The van der Waals surface area contributed by atoms with Gasteiger partial charge in [0.05, 0.1) is 6.61 Å². The maximum atomic E-state index is 12.3. The number of nitrogens with one attached hydrogen (secondary N) is 1. The van der Waals surface area contributed by atoms with Crippen molar-refractivity contribution in [1.82, 2.24) is 14.7 Å². The Labute approximate surface area is 138 Å². The van der Waals surface area contributed by atoms with Crippen LogP contribution in [-0.2, 0) is 0 Å². The summed E-state index contributed by atoms with van der Waals surface area (Å²) in [7, 11) is 0. The number of carbonyl (C=O) groups is 1. The van der Waals surface area contributed by atoms with Gasteiger partial charge in [0.25, 0.3) is 11.5 Å². The fourth-order valence-corrected chi connectivity index (χ4v) is 2.26. The fourth-order valence-electron chi connectivity index (χ4n) is 2.26. The number of benzene rings is 1. The first-order valence-electron chi connectivity index (χ1n) is 7.68. The van der Waals surface area contributed by atoms with Crippen LogP contribution in [0, 0.1) is 0 Å². The van der Waals surface area contributed by atoms with E-state index in [4.69, 9.17) is 4.74 Å². The molecule has 1 amide bonds. The summed E-state index contributed by atoms with van der Waals surface area (Å²) >= 11 is 0. The minimum atomic E-state index is -0.425. The summed E-state index contributed by atoms with van der Waals surface area (Å²) in [4.78, 5) is 28.5. The highest BCUT2D eigenvalue weighted by Gasteiger charge is 2.12. The normalized spacial score (nSPS) is 10.5. The van der Waals surface area contributed by atoms with Gasteiger partial charge in [-0.3, -0.25) is 14.0 Å². The van der Waals surface area contributed by atoms with Gasteiger partial charge in [-0.2, -0.15) is 0 Å². The zero-order chi connectivity index (χ0) is 16.8. The predicted octanol–water partition coefficient (Wildman–Crippen LogP) is 1.89. The van der Waals surface area contributed by atoms with Crippen molar-refractivity contribution in [3.63, 3.8) is 0 Å². The standard InChI is InChI=1S/C18H17N3O3/c22-17(19-10-6-12-24-14-7-2-1-3-8-14)15-13-20-16-9-4-5-11-21(16)18(15)23/h1-5,7-9,11,13H,6,10,12H2,(H,19,22). The Kier molecular flexibility index (Phi) is 4.86. The molecular formula is C18H17N3O3. The third kappa shape index (κ3) is 3.60. The lowest BCUT2D eigenvalue weighted by Gasteiger charge is -2.07. The highest BCUT2D eigenvalue weighted by molar-refractivity contribution is 5.93. The van der Waals surface area contributed by atoms with Gasteiger partial charge in [0.1, 0.15) is 17.0 Å². The molecule has 24 heavy (non-hydrogen) atoms. The van der Waals surface area contributed by atoms with Crippen molar-refractivity contribution in [2.24, 2.45) is 0 Å². The van der Waals surface area contributed by atoms with E-state index in [-0.39, 0.29) is 11.1 Å². The van der Waals surface area contributed by atoms with Crippen LogP contribution >= 0.6 is 0 Å². The van der Waals surface area contributed by atoms with Crippen molar-refractivity contribution in [2.45, 2.75) is 6.42 Å². The molecule has 2 aromatic heterocycles. The molecule has 6 nitrogen and oxygen atoms in total. The smallest absolute Gasteiger partial charge is 0.270 e. The van der Waals surface area contributed by atoms with Crippen LogP contribution in [-0.4, -0.2) is 28.4 Å². The van der Waals surface area contributed by atoms with E-state index in [1.807, 2.05) is 30.3 Å². The van der Waals surface area contributed by atoms with Crippen LogP contribution in [0.3, 0.4) is 0 Å². The number of rotatable bonds is 6. The Morgan fingerprint density at radius 1 is 1.12 bits per heavy atom. The molecule has 0 atom stereocenters. The fraction of sp³-hybridized carbons (Fsp3) is 0.167. The van der Waals surface area contributed by atoms with Gasteiger partial charge in [-0.25, -0.2) is 4.98 Å². The zero-order valence-corrected chi connectivity index (χ0v) is 13.0. The Morgan fingerprint density at radius 3 is 2.75 bits per heavy atom. The molecular weight excluding hydrogens is 306 g/mol. The van der Waals surface area contributed by atoms with Gasteiger partial charge in [-0.15, -0.1) is 0 Å². The lowest BCUT2D eigenvalue weighted by Crippen LogP contribution is -2.32. The van der Waals surface area contributed by atoms with Crippen molar-refractivity contribution in [2.75, 3.05) is 13.2 Å². The molecule has 0 fully saturated rings. The first-order chi connectivity index (χ1) is 11.8. The van der Waals surface area contributed by atoms with E-state index in [1.165, 1.54) is 10.6 Å². The summed E-state index contributed by atoms with van der Waals surface area (Å²) in [5.41, 5.74) is 0.164. The number of hydrogen-bond donors (Lipinski definition) is 1. The molecule has 0 saturated carbocycles. The van der Waals surface area contributed by atoms with Crippen molar-refractivity contribution < 1.29 is 9.53 Å². The van der Waals surface area contributed by atoms with E-state index >= 15 is 0 Å². The molecule has 0 radical (unpaired) electrons. The summed E-state index contributed by atoms with van der Waals surface area (Å²) in [5.74, 6) is 0.367. The molecule has 1 N–H and O–H groups in total. The Hall–Kier alpha value is -3.15. The van der Waals surface area contributed by atoms with Crippen LogP contribution in [0.1, 0.15) is 16.8 Å². The highest BCUT2D eigenvalue weighted by atomic mass is 16.5. The second kappa shape index (κ2) is 7.41. The number of fused-ring (bicyclic) bond motifs is 1. The van der Waals surface area contributed by atoms with Crippen molar-refractivity contribution in [3.8, 4) is 5.75 Å². The van der Waals surface area contributed by atoms with Crippen LogP contribution < -0.4 is 15.6 Å². The van der Waals surface area contributed by atoms with Crippen LogP contribution in [0.5, 0.6) is 5.75 Å². The average molecular weight is 323 g/mol. The first kappa shape index (κ1) is 15.7. The molecule has 3 rings (SSSR count). The van der Waals surface area contributed by atoms with Crippen molar-refractivity contribution in [1.29, 1.82) is 0 Å². The molecule has 0 aliphatic heterocycles. The Bertz CT molecular complexity index is 891. The minimum absolute atomic E-state index is 0.0303. The minimum Gasteiger partial charge on any atom is -0.494 e. The van der Waals surface area contributed by atoms with E-state index in [2.05, 4.69) is 10.3 Å². The molecule has 2 heterocycles. The second-order valence-electron chi connectivity index (χ2n) is 5.18. The second-order valence-corrected chi connectivity index (χ2v) is 5.18. The van der Waals surface area contributed by atoms with E-state index in [0.29, 0.717) is 25.2 Å². The maximum absolute atomic E-state index is 12.3. The first-order valence-corrected chi connectivity index (χ1v) is 7.68. The molecule has 0 saturated heterocycles. The van der Waals surface area contributed by atoms with E-state index in [0.717, 1.165) is 5.75 Å². The molecule has 0 spiro atoms. The molecule has 0 bridgehead atoms. The lowest BCUT2D eigenvalue weighted by molar-refractivity contribution is 0.0949. The summed E-state index contributed by atoms with van der Waals surface area (Å²) in [6.07, 6.45) is 3.55. The van der Waals surface area contributed by atoms with Gasteiger partial charge in [0.2, 0.25) is 0 Å². The molecule has 1 aromatic carbocycles. The zero-order valence-electron chi connectivity index (χ0n) is 13.0. The average Bonchev–Trinajstić information content (AvgIpc) is 2.62. The molecule has 0 unspecified atom stereocenters. The highest BCUT2D eigenvalue weighted by Crippen LogP contribution is 2.08. The van der Waals surface area contributed by atoms with Gasteiger partial charge in [-0.05, 0) is 30.7 Å². The number of nitrogens with zero attached hydrogens (tertiary/aromatic N) is 2. The molecule has 3 aromatic rings. The third-order valence-corrected chi connectivity index (χ3v) is 3.48. The van der Waals surface area contributed by atoms with Crippen LogP contribution in [0.2, 0.25) is 0 Å². The van der Waals surface area contributed by atoms with E-state index in [9.17, 15) is 9.59 Å². The quantitative estimate of drug-likeness (QED) is 0.703. The summed E-state index contributed by atoms with van der Waals surface area (Å²) in [5, 5.41) is 2.72. The number of amides is 1. The Balaban J connectivity index is 1.54. The topological polar surface area (TPSA) is 72.7 Å². The molecule has 0 aliphatic rings. The van der Waals surface area contributed by atoms with Crippen molar-refractivity contribution in [3.05, 3.63) is 76.8 Å². The number of ether oxygens (including phenoxy) is 1. The summed E-state index contributed by atoms with van der Waals surface area (Å²) < 4.78 is 6.90. The van der Waals surface area contributed by atoms with Gasteiger partial charge < -0.3 is 10.1 Å². The Morgan fingerprint density at radius 2 is 1.92 bits per heavy atom. The summed E-state index contributed by atoms with van der Waals surface area (Å²) in [6.45, 7) is 0.905. The van der Waals surface area contributed by atoms with Crippen molar-refractivity contribution >= 4 is 11.6 Å². The number of carbonyl (C=O) groups excluding carboxylic acids is 1. The monoisotopic (exact) mass is 323 g/mol. The van der Waals surface area contributed by atoms with Gasteiger partial charge in [0.15, 0.2) is 0 Å². The summed E-state index contributed by atoms with van der Waals surface area (Å²) in [6, 6.07) is 14.7. The number of hydrogen-bond acceptors (Lipinski definition) is 4. The molecule has 122 valence electrons. The maximum Gasteiger partial charge on any atom is 0.270 e. The van der Waals surface area contributed by atoms with Crippen LogP contribution in [0.15, 0.2) is 65.7 Å². The van der Waals surface area contributed by atoms with E-state index < -0.39 is 5.91 Å². The van der Waals surface area contributed by atoms with E-state index in [1.54, 1.807) is 24.4 Å². The number of aromatic nitrogens is 2. The largest absolute Gasteiger partial charge is 0.494 e. The van der Waals surface area contributed by atoms with Crippen LogP contribution in [0.25, 0.3) is 5.65 Å². The van der Waals surface area contributed by atoms with Gasteiger partial charge in [0, 0.05) is 18.9 Å². The predicted molar refractivity (Wildman–Crippen MR) is 90.3 cm³/mol. The lowest BCUT2D eigenvalue weighted by atomic mass is 10.3. The van der Waals surface area contributed by atoms with Gasteiger partial charge in [-0.1, -0.05) is 24.3 Å². The molecule has 0 aliphatic carbocycles. The van der Waals surface area contributed by atoms with Gasteiger partial charge >= 0.3 is 0 Å².